The minimum Gasteiger partial charge on any atom is -0.481 e. The van der Waals surface area contributed by atoms with Crippen molar-refractivity contribution < 1.29 is 19.5 Å². The summed E-state index contributed by atoms with van der Waals surface area (Å²) in [6, 6.07) is -0.383. The SMILES string of the molecule is CC(CC(=O)O)NC(=O)CCSCC(N)=O. The lowest BCUT2D eigenvalue weighted by atomic mass is 10.2. The number of carboxylic acids is 1. The molecule has 6 nitrogen and oxygen atoms in total. The number of primary amides is 1. The Labute approximate surface area is 98.0 Å². The number of aliphatic carboxylic acids is 1. The average Bonchev–Trinajstić information content (AvgIpc) is 2.10. The molecule has 2 amide bonds. The molecule has 0 saturated heterocycles. The first-order valence-corrected chi connectivity index (χ1v) is 5.94. The van der Waals surface area contributed by atoms with Crippen molar-refractivity contribution in [1.82, 2.24) is 5.32 Å². The second-order valence-electron chi connectivity index (χ2n) is 3.34. The number of nitrogens with two attached hydrogens (primary N) is 1. The van der Waals surface area contributed by atoms with Crippen LogP contribution in [-0.2, 0) is 14.4 Å². The zero-order valence-corrected chi connectivity index (χ0v) is 9.88. The largest absolute Gasteiger partial charge is 0.481 e. The molecule has 0 aliphatic rings. The molecule has 1 atom stereocenters. The summed E-state index contributed by atoms with van der Waals surface area (Å²) in [6.45, 7) is 1.63. The average molecular weight is 248 g/mol. The molecule has 4 N–H and O–H groups in total. The Kier molecular flexibility index (Phi) is 7.36. The molecule has 16 heavy (non-hydrogen) atoms. The molecule has 0 saturated carbocycles. The fraction of sp³-hybridized carbons (Fsp3) is 0.667. The van der Waals surface area contributed by atoms with Crippen molar-refractivity contribution in [2.75, 3.05) is 11.5 Å². The molecule has 0 bridgehead atoms. The predicted molar refractivity (Wildman–Crippen MR) is 61.0 cm³/mol. The highest BCUT2D eigenvalue weighted by Gasteiger charge is 2.10. The Hall–Kier alpha value is -1.24. The van der Waals surface area contributed by atoms with E-state index < -0.39 is 11.9 Å². The highest BCUT2D eigenvalue weighted by Crippen LogP contribution is 2.01. The Morgan fingerprint density at radius 1 is 1.44 bits per heavy atom. The summed E-state index contributed by atoms with van der Waals surface area (Å²) in [4.78, 5) is 31.9. The fourth-order valence-corrected chi connectivity index (χ4v) is 1.67. The first kappa shape index (κ1) is 14.8. The van der Waals surface area contributed by atoms with E-state index in [1.807, 2.05) is 0 Å². The fourth-order valence-electron chi connectivity index (χ4n) is 0.998. The quantitative estimate of drug-likeness (QED) is 0.505. The molecule has 92 valence electrons. The Morgan fingerprint density at radius 2 is 2.06 bits per heavy atom. The van der Waals surface area contributed by atoms with E-state index in [4.69, 9.17) is 10.8 Å². The van der Waals surface area contributed by atoms with Crippen LogP contribution in [0, 0.1) is 0 Å². The van der Waals surface area contributed by atoms with Crippen LogP contribution in [0.15, 0.2) is 0 Å². The number of carboxylic acid groups (broad SMARTS) is 1. The van der Waals surface area contributed by atoms with Crippen molar-refractivity contribution in [1.29, 1.82) is 0 Å². The second kappa shape index (κ2) is 7.98. The number of hydrogen-bond donors (Lipinski definition) is 3. The monoisotopic (exact) mass is 248 g/mol. The number of hydrogen-bond acceptors (Lipinski definition) is 4. The van der Waals surface area contributed by atoms with Crippen LogP contribution in [0.3, 0.4) is 0 Å². The summed E-state index contributed by atoms with van der Waals surface area (Å²) in [5, 5.41) is 11.0. The zero-order chi connectivity index (χ0) is 12.6. The lowest BCUT2D eigenvalue weighted by Crippen LogP contribution is -2.34. The summed E-state index contributed by atoms with van der Waals surface area (Å²) in [6.07, 6.45) is 0.155. The van der Waals surface area contributed by atoms with Gasteiger partial charge >= 0.3 is 5.97 Å². The standard InChI is InChI=1S/C9H16N2O4S/c1-6(4-9(14)15)11-8(13)2-3-16-5-7(10)12/h6H,2-5H2,1H3,(H2,10,12)(H,11,13)(H,14,15). The van der Waals surface area contributed by atoms with Gasteiger partial charge in [0, 0.05) is 18.2 Å². The highest BCUT2D eigenvalue weighted by molar-refractivity contribution is 7.99. The van der Waals surface area contributed by atoms with Crippen LogP contribution in [0.4, 0.5) is 0 Å². The summed E-state index contributed by atoms with van der Waals surface area (Å²) >= 11 is 1.28. The van der Waals surface area contributed by atoms with Gasteiger partial charge in [-0.05, 0) is 6.92 Å². The van der Waals surface area contributed by atoms with E-state index in [2.05, 4.69) is 5.32 Å². The van der Waals surface area contributed by atoms with Crippen molar-refractivity contribution in [3.63, 3.8) is 0 Å². The van der Waals surface area contributed by atoms with Crippen LogP contribution < -0.4 is 11.1 Å². The molecule has 1 unspecified atom stereocenters. The van der Waals surface area contributed by atoms with Gasteiger partial charge in [0.1, 0.15) is 0 Å². The van der Waals surface area contributed by atoms with Gasteiger partial charge in [0.25, 0.3) is 0 Å². The van der Waals surface area contributed by atoms with Crippen molar-refractivity contribution in [2.24, 2.45) is 5.73 Å². The number of carbonyl (C=O) groups excluding carboxylic acids is 2. The smallest absolute Gasteiger partial charge is 0.305 e. The van der Waals surface area contributed by atoms with Crippen LogP contribution in [0.25, 0.3) is 0 Å². The number of nitrogens with one attached hydrogen (secondary N) is 1. The topological polar surface area (TPSA) is 109 Å². The second-order valence-corrected chi connectivity index (χ2v) is 4.44. The van der Waals surface area contributed by atoms with Gasteiger partial charge in [-0.1, -0.05) is 0 Å². The predicted octanol–water partition coefficient (Wildman–Crippen LogP) is -0.426. The molecule has 0 aromatic heterocycles. The van der Waals surface area contributed by atoms with E-state index in [1.54, 1.807) is 6.92 Å². The van der Waals surface area contributed by atoms with Crippen LogP contribution in [0.2, 0.25) is 0 Å². The van der Waals surface area contributed by atoms with Crippen molar-refractivity contribution >= 4 is 29.5 Å². The summed E-state index contributed by atoms with van der Waals surface area (Å²) < 4.78 is 0. The minimum absolute atomic E-state index is 0.0971. The molecule has 7 heteroatoms. The van der Waals surface area contributed by atoms with Gasteiger partial charge in [-0.25, -0.2) is 0 Å². The minimum atomic E-state index is -0.948. The number of carbonyl (C=O) groups is 3. The van der Waals surface area contributed by atoms with E-state index in [-0.39, 0.29) is 30.5 Å². The number of thioether (sulfide) groups is 1. The third-order valence-corrected chi connectivity index (χ3v) is 2.59. The van der Waals surface area contributed by atoms with Crippen molar-refractivity contribution in [3.8, 4) is 0 Å². The van der Waals surface area contributed by atoms with Crippen LogP contribution >= 0.6 is 11.8 Å². The molecule has 0 rings (SSSR count). The Balaban J connectivity index is 3.58. The summed E-state index contributed by atoms with van der Waals surface area (Å²) in [7, 11) is 0. The van der Waals surface area contributed by atoms with E-state index >= 15 is 0 Å². The maximum absolute atomic E-state index is 11.2. The molecule has 0 aromatic rings. The third kappa shape index (κ3) is 9.32. The third-order valence-electron chi connectivity index (χ3n) is 1.61. The van der Waals surface area contributed by atoms with Crippen LogP contribution in [-0.4, -0.2) is 40.4 Å². The van der Waals surface area contributed by atoms with Gasteiger partial charge < -0.3 is 16.2 Å². The molecule has 0 spiro atoms. The molecule has 0 aromatic carbocycles. The summed E-state index contributed by atoms with van der Waals surface area (Å²) in [5.41, 5.74) is 4.92. The maximum Gasteiger partial charge on any atom is 0.305 e. The molecular formula is C9H16N2O4S. The molecule has 0 aliphatic heterocycles. The van der Waals surface area contributed by atoms with Crippen LogP contribution in [0.1, 0.15) is 19.8 Å². The first-order chi connectivity index (χ1) is 7.41. The van der Waals surface area contributed by atoms with Gasteiger partial charge in [0.05, 0.1) is 12.2 Å². The molecule has 0 fully saturated rings. The molecule has 0 aliphatic carbocycles. The molecule has 0 radical (unpaired) electrons. The zero-order valence-electron chi connectivity index (χ0n) is 9.06. The van der Waals surface area contributed by atoms with E-state index in [0.717, 1.165) is 0 Å². The van der Waals surface area contributed by atoms with Gasteiger partial charge in [-0.15, -0.1) is 0 Å². The number of amides is 2. The maximum atomic E-state index is 11.2. The van der Waals surface area contributed by atoms with Gasteiger partial charge in [0.2, 0.25) is 11.8 Å². The Bertz CT molecular complexity index is 270. The van der Waals surface area contributed by atoms with Gasteiger partial charge in [-0.2, -0.15) is 11.8 Å². The number of rotatable bonds is 8. The van der Waals surface area contributed by atoms with E-state index in [1.165, 1.54) is 11.8 Å². The lowest BCUT2D eigenvalue weighted by Gasteiger charge is -2.10. The normalized spacial score (nSPS) is 11.8. The van der Waals surface area contributed by atoms with E-state index in [0.29, 0.717) is 5.75 Å². The summed E-state index contributed by atoms with van der Waals surface area (Å²) in [5.74, 6) is -0.890. The lowest BCUT2D eigenvalue weighted by molar-refractivity contribution is -0.137. The van der Waals surface area contributed by atoms with Crippen molar-refractivity contribution in [2.45, 2.75) is 25.8 Å². The van der Waals surface area contributed by atoms with Gasteiger partial charge in [-0.3, -0.25) is 14.4 Å². The van der Waals surface area contributed by atoms with Gasteiger partial charge in [0.15, 0.2) is 0 Å². The highest BCUT2D eigenvalue weighted by atomic mass is 32.2. The van der Waals surface area contributed by atoms with E-state index in [9.17, 15) is 14.4 Å². The Morgan fingerprint density at radius 3 is 2.56 bits per heavy atom. The molecular weight excluding hydrogens is 232 g/mol. The first-order valence-electron chi connectivity index (χ1n) is 4.79. The van der Waals surface area contributed by atoms with Crippen molar-refractivity contribution in [3.05, 3.63) is 0 Å². The molecule has 0 heterocycles. The van der Waals surface area contributed by atoms with Crippen LogP contribution in [0.5, 0.6) is 0 Å².